The van der Waals surface area contributed by atoms with Gasteiger partial charge in [-0.05, 0) is 29.8 Å². The van der Waals surface area contributed by atoms with Crippen molar-refractivity contribution in [2.45, 2.75) is 0 Å². The highest BCUT2D eigenvalue weighted by molar-refractivity contribution is 5.82. The fourth-order valence-corrected chi connectivity index (χ4v) is 1.29. The average Bonchev–Trinajstić information content (AvgIpc) is 2.47. The quantitative estimate of drug-likeness (QED) is 0.655. The highest BCUT2D eigenvalue weighted by Crippen LogP contribution is 2.14. The summed E-state index contributed by atoms with van der Waals surface area (Å²) in [6.07, 6.45) is 3.38. The van der Waals surface area contributed by atoms with E-state index in [4.69, 9.17) is 5.73 Å². The second-order valence-electron chi connectivity index (χ2n) is 2.67. The van der Waals surface area contributed by atoms with E-state index >= 15 is 0 Å². The second kappa shape index (κ2) is 2.74. The maximum atomic E-state index is 5.28. The second-order valence-corrected chi connectivity index (χ2v) is 2.67. The maximum absolute atomic E-state index is 5.28. The van der Waals surface area contributed by atoms with Gasteiger partial charge in [-0.1, -0.05) is 18.2 Å². The Bertz CT molecular complexity index is 379. The molecular formula is C10H10N2. The summed E-state index contributed by atoms with van der Waals surface area (Å²) in [6.45, 7) is 0. The highest BCUT2D eigenvalue weighted by Gasteiger charge is 1.94. The van der Waals surface area contributed by atoms with E-state index < -0.39 is 0 Å². The first-order valence-corrected chi connectivity index (χ1v) is 3.86. The molecule has 60 valence electrons. The number of nitrogens with one attached hydrogen (secondary N) is 1. The van der Waals surface area contributed by atoms with Crippen molar-refractivity contribution in [2.75, 3.05) is 0 Å². The van der Waals surface area contributed by atoms with Crippen LogP contribution >= 0.6 is 0 Å². The van der Waals surface area contributed by atoms with Gasteiger partial charge < -0.3 is 10.7 Å². The lowest BCUT2D eigenvalue weighted by Crippen LogP contribution is -1.76. The molecule has 2 rings (SSSR count). The Morgan fingerprint density at radius 1 is 1.25 bits per heavy atom. The van der Waals surface area contributed by atoms with E-state index in [2.05, 4.69) is 17.1 Å². The van der Waals surface area contributed by atoms with E-state index in [1.165, 1.54) is 11.6 Å². The van der Waals surface area contributed by atoms with Gasteiger partial charge in [0, 0.05) is 11.2 Å². The molecular weight excluding hydrogens is 148 g/mol. The van der Waals surface area contributed by atoms with Crippen molar-refractivity contribution in [1.29, 1.82) is 0 Å². The summed E-state index contributed by atoms with van der Waals surface area (Å²) in [4.78, 5) is 3.23. The van der Waals surface area contributed by atoms with Gasteiger partial charge in [-0.2, -0.15) is 0 Å². The Morgan fingerprint density at radius 3 is 2.83 bits per heavy atom. The maximum Gasteiger partial charge on any atom is 0.0458 e. The van der Waals surface area contributed by atoms with Crippen molar-refractivity contribution >= 4 is 17.0 Å². The van der Waals surface area contributed by atoms with Crippen LogP contribution in [0, 0.1) is 0 Å². The van der Waals surface area contributed by atoms with Crippen LogP contribution in [-0.2, 0) is 0 Å². The molecule has 2 aromatic rings. The van der Waals surface area contributed by atoms with Gasteiger partial charge in [-0.3, -0.25) is 0 Å². The molecule has 1 aromatic carbocycles. The van der Waals surface area contributed by atoms with Crippen LogP contribution in [0.15, 0.2) is 36.5 Å². The number of benzene rings is 1. The van der Waals surface area contributed by atoms with E-state index in [0.29, 0.717) is 0 Å². The van der Waals surface area contributed by atoms with Gasteiger partial charge in [-0.25, -0.2) is 0 Å². The third-order valence-electron chi connectivity index (χ3n) is 1.83. The number of fused-ring (bicyclic) bond motifs is 1. The largest absolute Gasteiger partial charge is 0.405 e. The first-order chi connectivity index (χ1) is 5.90. The van der Waals surface area contributed by atoms with Gasteiger partial charge in [0.05, 0.1) is 0 Å². The van der Waals surface area contributed by atoms with Crippen molar-refractivity contribution in [2.24, 2.45) is 5.73 Å². The lowest BCUT2D eigenvalue weighted by atomic mass is 10.2. The summed E-state index contributed by atoms with van der Waals surface area (Å²) >= 11 is 0. The van der Waals surface area contributed by atoms with E-state index in [1.54, 1.807) is 0 Å². The first-order valence-electron chi connectivity index (χ1n) is 3.86. The monoisotopic (exact) mass is 158 g/mol. The standard InChI is InChI=1S/C10H10N2/c11-6-5-9-7-8-3-1-2-4-10(8)12-9/h1-7,12H,11H2. The number of para-hydroxylation sites is 1. The van der Waals surface area contributed by atoms with Crippen LogP contribution in [0.1, 0.15) is 5.69 Å². The number of aromatic nitrogens is 1. The highest BCUT2D eigenvalue weighted by atomic mass is 14.7. The van der Waals surface area contributed by atoms with E-state index in [1.807, 2.05) is 24.3 Å². The summed E-state index contributed by atoms with van der Waals surface area (Å²) in [7, 11) is 0. The molecule has 0 bridgehead atoms. The molecule has 0 saturated carbocycles. The fraction of sp³-hybridized carbons (Fsp3) is 0. The molecule has 0 aliphatic heterocycles. The zero-order valence-electron chi connectivity index (χ0n) is 6.62. The summed E-state index contributed by atoms with van der Waals surface area (Å²) < 4.78 is 0. The third kappa shape index (κ3) is 1.07. The van der Waals surface area contributed by atoms with Crippen LogP contribution < -0.4 is 5.73 Å². The van der Waals surface area contributed by atoms with Gasteiger partial charge in [0.2, 0.25) is 0 Å². The van der Waals surface area contributed by atoms with Crippen LogP contribution in [0.5, 0.6) is 0 Å². The lowest BCUT2D eigenvalue weighted by Gasteiger charge is -1.84. The number of aromatic amines is 1. The van der Waals surface area contributed by atoms with Crippen molar-refractivity contribution in [1.82, 2.24) is 4.98 Å². The molecule has 0 spiro atoms. The van der Waals surface area contributed by atoms with Gasteiger partial charge in [0.1, 0.15) is 0 Å². The number of H-pyrrole nitrogens is 1. The molecule has 0 radical (unpaired) electrons. The fourth-order valence-electron chi connectivity index (χ4n) is 1.29. The number of nitrogens with two attached hydrogens (primary N) is 1. The third-order valence-corrected chi connectivity index (χ3v) is 1.83. The Hall–Kier alpha value is -1.70. The minimum absolute atomic E-state index is 1.04. The van der Waals surface area contributed by atoms with Crippen LogP contribution in [0.4, 0.5) is 0 Å². The predicted molar refractivity (Wildman–Crippen MR) is 51.5 cm³/mol. The molecule has 0 unspecified atom stereocenters. The van der Waals surface area contributed by atoms with Crippen molar-refractivity contribution in [3.05, 3.63) is 42.2 Å². The van der Waals surface area contributed by atoms with Crippen molar-refractivity contribution < 1.29 is 0 Å². The Balaban J connectivity index is 2.62. The van der Waals surface area contributed by atoms with Crippen LogP contribution in [0.2, 0.25) is 0 Å². The molecule has 0 aliphatic carbocycles. The summed E-state index contributed by atoms with van der Waals surface area (Å²) in [5.74, 6) is 0. The molecule has 1 heterocycles. The Morgan fingerprint density at radius 2 is 2.08 bits per heavy atom. The average molecular weight is 158 g/mol. The molecule has 2 nitrogen and oxygen atoms in total. The molecule has 12 heavy (non-hydrogen) atoms. The van der Waals surface area contributed by atoms with Gasteiger partial charge >= 0.3 is 0 Å². The van der Waals surface area contributed by atoms with E-state index in [9.17, 15) is 0 Å². The molecule has 0 aliphatic rings. The van der Waals surface area contributed by atoms with Gasteiger partial charge in [-0.15, -0.1) is 0 Å². The van der Waals surface area contributed by atoms with Crippen LogP contribution in [0.3, 0.4) is 0 Å². The SMILES string of the molecule is NC=Cc1cc2ccccc2[nH]1. The molecule has 1 aromatic heterocycles. The topological polar surface area (TPSA) is 41.8 Å². The summed E-state index contributed by atoms with van der Waals surface area (Å²) in [6, 6.07) is 10.2. The molecule has 0 atom stereocenters. The summed E-state index contributed by atoms with van der Waals surface area (Å²) in [5, 5.41) is 1.21. The number of rotatable bonds is 1. The molecule has 2 heteroatoms. The van der Waals surface area contributed by atoms with Crippen molar-refractivity contribution in [3.63, 3.8) is 0 Å². The van der Waals surface area contributed by atoms with Crippen molar-refractivity contribution in [3.8, 4) is 0 Å². The predicted octanol–water partition coefficient (Wildman–Crippen LogP) is 2.10. The number of hydrogen-bond acceptors (Lipinski definition) is 1. The lowest BCUT2D eigenvalue weighted by molar-refractivity contribution is 1.42. The van der Waals surface area contributed by atoms with Gasteiger partial charge in [0.15, 0.2) is 0 Å². The van der Waals surface area contributed by atoms with Crippen LogP contribution in [-0.4, -0.2) is 4.98 Å². The van der Waals surface area contributed by atoms with E-state index in [-0.39, 0.29) is 0 Å². The van der Waals surface area contributed by atoms with E-state index in [0.717, 1.165) is 11.2 Å². The normalized spacial score (nSPS) is 11.3. The molecule has 0 amide bonds. The molecule has 3 N–H and O–H groups in total. The Labute approximate surface area is 70.7 Å². The Kier molecular flexibility index (Phi) is 1.59. The minimum Gasteiger partial charge on any atom is -0.405 e. The van der Waals surface area contributed by atoms with Crippen LogP contribution in [0.25, 0.3) is 17.0 Å². The zero-order valence-corrected chi connectivity index (χ0v) is 6.62. The zero-order chi connectivity index (χ0) is 8.39. The minimum atomic E-state index is 1.04. The summed E-state index contributed by atoms with van der Waals surface area (Å²) in [5.41, 5.74) is 7.47. The number of hydrogen-bond donors (Lipinski definition) is 2. The molecule has 0 fully saturated rings. The van der Waals surface area contributed by atoms with Gasteiger partial charge in [0.25, 0.3) is 0 Å². The molecule has 0 saturated heterocycles. The first kappa shape index (κ1) is 6.98. The smallest absolute Gasteiger partial charge is 0.0458 e.